The molecule has 0 amide bonds. The first-order valence-corrected chi connectivity index (χ1v) is 6.18. The Bertz CT molecular complexity index is 289. The SMILES string of the molecule is O=C1COCCC12CCCCC21OCCO1. The van der Waals surface area contributed by atoms with Crippen LogP contribution in [-0.4, -0.2) is 38.0 Å². The van der Waals surface area contributed by atoms with Gasteiger partial charge in [0, 0.05) is 13.0 Å². The molecule has 1 unspecified atom stereocenters. The number of ether oxygens (including phenoxy) is 3. The zero-order valence-electron chi connectivity index (χ0n) is 9.50. The molecule has 4 nitrogen and oxygen atoms in total. The lowest BCUT2D eigenvalue weighted by atomic mass is 9.64. The number of hydrogen-bond donors (Lipinski definition) is 0. The minimum atomic E-state index is -0.619. The summed E-state index contributed by atoms with van der Waals surface area (Å²) >= 11 is 0. The Hall–Kier alpha value is -0.450. The highest BCUT2D eigenvalue weighted by Crippen LogP contribution is 2.53. The van der Waals surface area contributed by atoms with E-state index < -0.39 is 11.2 Å². The van der Waals surface area contributed by atoms with Gasteiger partial charge in [0.2, 0.25) is 0 Å². The van der Waals surface area contributed by atoms with Crippen molar-refractivity contribution in [2.24, 2.45) is 5.41 Å². The van der Waals surface area contributed by atoms with Gasteiger partial charge in [-0.1, -0.05) is 6.42 Å². The van der Waals surface area contributed by atoms with E-state index in [1.807, 2.05) is 0 Å². The van der Waals surface area contributed by atoms with E-state index in [0.29, 0.717) is 19.8 Å². The van der Waals surface area contributed by atoms with Crippen LogP contribution >= 0.6 is 0 Å². The summed E-state index contributed by atoms with van der Waals surface area (Å²) in [6.07, 6.45) is 4.70. The number of carbonyl (C=O) groups excluding carboxylic acids is 1. The third kappa shape index (κ3) is 1.30. The molecule has 0 aromatic carbocycles. The molecule has 0 aromatic heterocycles. The van der Waals surface area contributed by atoms with Crippen molar-refractivity contribution in [2.75, 3.05) is 26.4 Å². The zero-order chi connectivity index (χ0) is 11.1. The summed E-state index contributed by atoms with van der Waals surface area (Å²) in [6, 6.07) is 0. The molecular weight excluding hydrogens is 208 g/mol. The average molecular weight is 226 g/mol. The maximum absolute atomic E-state index is 12.2. The van der Waals surface area contributed by atoms with Gasteiger partial charge in [-0.15, -0.1) is 0 Å². The molecule has 0 radical (unpaired) electrons. The number of carbonyl (C=O) groups is 1. The molecule has 1 saturated carbocycles. The summed E-state index contributed by atoms with van der Waals surface area (Å²) in [5.74, 6) is -0.438. The first-order valence-electron chi connectivity index (χ1n) is 6.18. The maximum Gasteiger partial charge on any atom is 0.181 e. The van der Waals surface area contributed by atoms with Gasteiger partial charge in [0.15, 0.2) is 11.6 Å². The van der Waals surface area contributed by atoms with Crippen LogP contribution in [0.1, 0.15) is 32.1 Å². The van der Waals surface area contributed by atoms with Crippen LogP contribution in [0.25, 0.3) is 0 Å². The molecule has 2 spiro atoms. The minimum Gasteiger partial charge on any atom is -0.374 e. The van der Waals surface area contributed by atoms with E-state index in [0.717, 1.165) is 32.1 Å². The van der Waals surface area contributed by atoms with E-state index in [-0.39, 0.29) is 12.4 Å². The highest BCUT2D eigenvalue weighted by atomic mass is 16.7. The molecule has 2 aliphatic heterocycles. The molecule has 0 aromatic rings. The summed E-state index contributed by atoms with van der Waals surface area (Å²) in [6.45, 7) is 2.13. The van der Waals surface area contributed by atoms with E-state index in [1.165, 1.54) is 0 Å². The van der Waals surface area contributed by atoms with Crippen LogP contribution in [0.3, 0.4) is 0 Å². The van der Waals surface area contributed by atoms with Crippen LogP contribution in [0.5, 0.6) is 0 Å². The monoisotopic (exact) mass is 226 g/mol. The van der Waals surface area contributed by atoms with Gasteiger partial charge in [-0.25, -0.2) is 0 Å². The average Bonchev–Trinajstić information content (AvgIpc) is 2.76. The number of rotatable bonds is 0. The second-order valence-electron chi connectivity index (χ2n) is 4.96. The number of fused-ring (bicyclic) bond motifs is 1. The molecule has 90 valence electrons. The van der Waals surface area contributed by atoms with Gasteiger partial charge in [-0.2, -0.15) is 0 Å². The molecule has 2 saturated heterocycles. The third-order valence-electron chi connectivity index (χ3n) is 4.28. The Labute approximate surface area is 95.2 Å². The van der Waals surface area contributed by atoms with Crippen molar-refractivity contribution < 1.29 is 19.0 Å². The first-order chi connectivity index (χ1) is 7.79. The molecule has 1 atom stereocenters. The predicted molar refractivity (Wildman–Crippen MR) is 56.0 cm³/mol. The zero-order valence-corrected chi connectivity index (χ0v) is 9.50. The van der Waals surface area contributed by atoms with Crippen LogP contribution in [-0.2, 0) is 19.0 Å². The Morgan fingerprint density at radius 1 is 0.938 bits per heavy atom. The van der Waals surface area contributed by atoms with Crippen molar-refractivity contribution >= 4 is 5.78 Å². The summed E-state index contributed by atoms with van der Waals surface area (Å²) in [5.41, 5.74) is -0.417. The van der Waals surface area contributed by atoms with Crippen LogP contribution < -0.4 is 0 Å². The van der Waals surface area contributed by atoms with Crippen LogP contribution in [0.4, 0.5) is 0 Å². The van der Waals surface area contributed by atoms with Crippen molar-refractivity contribution in [3.05, 3.63) is 0 Å². The van der Waals surface area contributed by atoms with Gasteiger partial charge >= 0.3 is 0 Å². The maximum atomic E-state index is 12.2. The van der Waals surface area contributed by atoms with Gasteiger partial charge in [0.25, 0.3) is 0 Å². The molecule has 0 N–H and O–H groups in total. The van der Waals surface area contributed by atoms with Crippen LogP contribution in [0, 0.1) is 5.41 Å². The molecule has 3 rings (SSSR count). The Morgan fingerprint density at radius 2 is 1.69 bits per heavy atom. The molecule has 3 aliphatic rings. The largest absolute Gasteiger partial charge is 0.374 e. The first kappa shape index (κ1) is 10.7. The lowest BCUT2D eigenvalue weighted by Crippen LogP contribution is -2.59. The summed E-state index contributed by atoms with van der Waals surface area (Å²) in [7, 11) is 0. The number of hydrogen-bond acceptors (Lipinski definition) is 4. The van der Waals surface area contributed by atoms with Gasteiger partial charge in [-0.3, -0.25) is 4.79 Å². The standard InChI is InChI=1S/C12H18O4/c13-10-9-14-6-5-11(10)3-1-2-4-12(11)15-7-8-16-12/h1-9H2. The molecule has 2 heterocycles. The van der Waals surface area contributed by atoms with Crippen molar-refractivity contribution in [1.82, 2.24) is 0 Å². The fraction of sp³-hybridized carbons (Fsp3) is 0.917. The van der Waals surface area contributed by atoms with Gasteiger partial charge in [-0.05, 0) is 19.3 Å². The molecule has 3 fully saturated rings. The molecule has 0 bridgehead atoms. The van der Waals surface area contributed by atoms with E-state index >= 15 is 0 Å². The highest BCUT2D eigenvalue weighted by Gasteiger charge is 2.61. The second kappa shape index (κ2) is 3.79. The van der Waals surface area contributed by atoms with E-state index in [9.17, 15) is 4.79 Å². The lowest BCUT2D eigenvalue weighted by molar-refractivity contribution is -0.260. The molecular formula is C12H18O4. The third-order valence-corrected chi connectivity index (χ3v) is 4.28. The van der Waals surface area contributed by atoms with E-state index in [2.05, 4.69) is 0 Å². The quantitative estimate of drug-likeness (QED) is 0.624. The lowest BCUT2D eigenvalue weighted by Gasteiger charge is -2.50. The van der Waals surface area contributed by atoms with Crippen molar-refractivity contribution in [3.63, 3.8) is 0 Å². The normalized spacial score (nSPS) is 38.4. The molecule has 4 heteroatoms. The van der Waals surface area contributed by atoms with Crippen molar-refractivity contribution in [3.8, 4) is 0 Å². The van der Waals surface area contributed by atoms with Gasteiger partial charge in [0.05, 0.1) is 18.6 Å². The van der Waals surface area contributed by atoms with Crippen LogP contribution in [0.2, 0.25) is 0 Å². The van der Waals surface area contributed by atoms with Crippen molar-refractivity contribution in [2.45, 2.75) is 37.9 Å². The number of ketones is 1. The molecule has 1 aliphatic carbocycles. The fourth-order valence-corrected chi connectivity index (χ4v) is 3.45. The molecule has 16 heavy (non-hydrogen) atoms. The summed E-state index contributed by atoms with van der Waals surface area (Å²) in [5, 5.41) is 0. The van der Waals surface area contributed by atoms with Gasteiger partial charge < -0.3 is 14.2 Å². The Morgan fingerprint density at radius 3 is 2.44 bits per heavy atom. The second-order valence-corrected chi connectivity index (χ2v) is 4.96. The Balaban J connectivity index is 1.97. The Kier molecular flexibility index (Phi) is 2.53. The summed E-state index contributed by atoms with van der Waals surface area (Å²) in [4.78, 5) is 12.2. The fourth-order valence-electron chi connectivity index (χ4n) is 3.45. The van der Waals surface area contributed by atoms with E-state index in [1.54, 1.807) is 0 Å². The van der Waals surface area contributed by atoms with Gasteiger partial charge in [0.1, 0.15) is 6.61 Å². The van der Waals surface area contributed by atoms with E-state index in [4.69, 9.17) is 14.2 Å². The van der Waals surface area contributed by atoms with Crippen LogP contribution in [0.15, 0.2) is 0 Å². The minimum absolute atomic E-state index is 0.181. The summed E-state index contributed by atoms with van der Waals surface area (Å²) < 4.78 is 16.9. The highest BCUT2D eigenvalue weighted by molar-refractivity contribution is 5.87. The number of Topliss-reactive ketones (excluding diaryl/α,β-unsaturated/α-hetero) is 1. The predicted octanol–water partition coefficient (Wildman–Crippen LogP) is 1.28. The topological polar surface area (TPSA) is 44.8 Å². The smallest absolute Gasteiger partial charge is 0.181 e. The van der Waals surface area contributed by atoms with Crippen molar-refractivity contribution in [1.29, 1.82) is 0 Å².